The number of carbonyl (C=O) groups is 1. The average Bonchev–Trinajstić information content (AvgIpc) is 2.15. The third kappa shape index (κ3) is 2.34. The largest absolute Gasteiger partial charge is 0.366 e. The highest BCUT2D eigenvalue weighted by molar-refractivity contribution is 6.30. The first-order valence-electron chi connectivity index (χ1n) is 4.02. The van der Waals surface area contributed by atoms with Crippen LogP contribution in [0.25, 0.3) is 0 Å². The number of rotatable bonds is 3. The van der Waals surface area contributed by atoms with Crippen molar-refractivity contribution in [3.8, 4) is 0 Å². The molecule has 0 saturated heterocycles. The van der Waals surface area contributed by atoms with Gasteiger partial charge in [0.15, 0.2) is 0 Å². The van der Waals surface area contributed by atoms with E-state index in [2.05, 4.69) is 6.58 Å². The monoisotopic (exact) mass is 210 g/mol. The SMILES string of the molecule is C=C(C(N)=O)[C@@H](N)c1cccc(Cl)c1. The maximum atomic E-state index is 10.8. The van der Waals surface area contributed by atoms with Gasteiger partial charge in [0.05, 0.1) is 6.04 Å². The van der Waals surface area contributed by atoms with E-state index >= 15 is 0 Å². The molecule has 3 nitrogen and oxygen atoms in total. The summed E-state index contributed by atoms with van der Waals surface area (Å²) in [5.41, 5.74) is 11.7. The Kier molecular flexibility index (Phi) is 3.28. The lowest BCUT2D eigenvalue weighted by Crippen LogP contribution is -2.23. The first-order valence-corrected chi connectivity index (χ1v) is 4.40. The predicted octanol–water partition coefficient (Wildman–Crippen LogP) is 1.38. The van der Waals surface area contributed by atoms with Crippen molar-refractivity contribution in [3.05, 3.63) is 47.0 Å². The van der Waals surface area contributed by atoms with Gasteiger partial charge in [0.25, 0.3) is 0 Å². The highest BCUT2D eigenvalue weighted by Gasteiger charge is 2.14. The Morgan fingerprint density at radius 1 is 1.50 bits per heavy atom. The number of benzene rings is 1. The highest BCUT2D eigenvalue weighted by atomic mass is 35.5. The van der Waals surface area contributed by atoms with Crippen molar-refractivity contribution >= 4 is 17.5 Å². The van der Waals surface area contributed by atoms with Crippen LogP contribution in [0.1, 0.15) is 11.6 Å². The van der Waals surface area contributed by atoms with Gasteiger partial charge in [0.2, 0.25) is 5.91 Å². The van der Waals surface area contributed by atoms with Gasteiger partial charge in [-0.3, -0.25) is 4.79 Å². The van der Waals surface area contributed by atoms with E-state index in [0.717, 1.165) is 5.56 Å². The molecule has 0 radical (unpaired) electrons. The number of halogens is 1. The van der Waals surface area contributed by atoms with Crippen LogP contribution >= 0.6 is 11.6 Å². The number of hydrogen-bond acceptors (Lipinski definition) is 2. The maximum Gasteiger partial charge on any atom is 0.245 e. The van der Waals surface area contributed by atoms with Gasteiger partial charge in [0, 0.05) is 10.6 Å². The molecule has 0 bridgehead atoms. The van der Waals surface area contributed by atoms with Crippen LogP contribution in [-0.2, 0) is 4.79 Å². The van der Waals surface area contributed by atoms with Crippen molar-refractivity contribution in [1.82, 2.24) is 0 Å². The van der Waals surface area contributed by atoms with Crippen LogP contribution in [0.5, 0.6) is 0 Å². The molecule has 0 aromatic heterocycles. The Hall–Kier alpha value is -1.32. The topological polar surface area (TPSA) is 69.1 Å². The molecule has 0 unspecified atom stereocenters. The molecule has 0 aliphatic carbocycles. The second kappa shape index (κ2) is 4.26. The van der Waals surface area contributed by atoms with Crippen LogP contribution in [0.15, 0.2) is 36.4 Å². The van der Waals surface area contributed by atoms with E-state index in [9.17, 15) is 4.79 Å². The van der Waals surface area contributed by atoms with Crippen molar-refractivity contribution in [3.63, 3.8) is 0 Å². The summed E-state index contributed by atoms with van der Waals surface area (Å²) in [5, 5.41) is 0.565. The minimum absolute atomic E-state index is 0.173. The van der Waals surface area contributed by atoms with Gasteiger partial charge in [-0.25, -0.2) is 0 Å². The molecule has 74 valence electrons. The quantitative estimate of drug-likeness (QED) is 0.741. The maximum absolute atomic E-state index is 10.8. The average molecular weight is 211 g/mol. The Bertz CT molecular complexity index is 376. The minimum atomic E-state index is -0.600. The van der Waals surface area contributed by atoms with Gasteiger partial charge in [-0.1, -0.05) is 30.3 Å². The Morgan fingerprint density at radius 3 is 2.64 bits per heavy atom. The van der Waals surface area contributed by atoms with Crippen molar-refractivity contribution in [2.75, 3.05) is 0 Å². The molecule has 0 spiro atoms. The Balaban J connectivity index is 2.95. The molecule has 0 saturated carbocycles. The summed E-state index contributed by atoms with van der Waals surface area (Å²) in [6.45, 7) is 3.52. The fourth-order valence-electron chi connectivity index (χ4n) is 1.05. The van der Waals surface area contributed by atoms with Crippen molar-refractivity contribution < 1.29 is 4.79 Å². The van der Waals surface area contributed by atoms with E-state index in [0.29, 0.717) is 5.02 Å². The molecule has 1 rings (SSSR count). The normalized spacial score (nSPS) is 12.1. The first-order chi connectivity index (χ1) is 6.52. The summed E-state index contributed by atoms with van der Waals surface area (Å²) < 4.78 is 0. The molecule has 14 heavy (non-hydrogen) atoms. The van der Waals surface area contributed by atoms with Gasteiger partial charge in [-0.15, -0.1) is 0 Å². The van der Waals surface area contributed by atoms with E-state index < -0.39 is 11.9 Å². The van der Waals surface area contributed by atoms with E-state index in [1.807, 2.05) is 0 Å². The minimum Gasteiger partial charge on any atom is -0.366 e. The molecule has 0 aliphatic heterocycles. The zero-order valence-electron chi connectivity index (χ0n) is 7.53. The van der Waals surface area contributed by atoms with Crippen LogP contribution < -0.4 is 11.5 Å². The van der Waals surface area contributed by atoms with E-state index in [1.165, 1.54) is 0 Å². The Labute approximate surface area is 87.3 Å². The van der Waals surface area contributed by atoms with Gasteiger partial charge < -0.3 is 11.5 Å². The Morgan fingerprint density at radius 2 is 2.14 bits per heavy atom. The molecule has 1 aromatic carbocycles. The van der Waals surface area contributed by atoms with Crippen LogP contribution in [0.4, 0.5) is 0 Å². The number of carbonyl (C=O) groups excluding carboxylic acids is 1. The van der Waals surface area contributed by atoms with E-state index in [4.69, 9.17) is 23.1 Å². The molecule has 0 aliphatic rings. The van der Waals surface area contributed by atoms with Gasteiger partial charge >= 0.3 is 0 Å². The fraction of sp³-hybridized carbons (Fsp3) is 0.100. The van der Waals surface area contributed by atoms with Gasteiger partial charge in [-0.2, -0.15) is 0 Å². The molecule has 1 amide bonds. The summed E-state index contributed by atoms with van der Waals surface area (Å²) in [5.74, 6) is -0.600. The van der Waals surface area contributed by atoms with Gasteiger partial charge in [0.1, 0.15) is 0 Å². The van der Waals surface area contributed by atoms with Gasteiger partial charge in [-0.05, 0) is 17.7 Å². The smallest absolute Gasteiger partial charge is 0.245 e. The third-order valence-corrected chi connectivity index (χ3v) is 2.13. The molecule has 4 heteroatoms. The standard InChI is InChI=1S/C10H11ClN2O/c1-6(10(13)14)9(12)7-3-2-4-8(11)5-7/h2-5,9H,1,12H2,(H2,13,14)/t9-/m1/s1. The number of nitrogens with two attached hydrogens (primary N) is 2. The van der Waals surface area contributed by atoms with E-state index in [-0.39, 0.29) is 5.57 Å². The second-order valence-corrected chi connectivity index (χ2v) is 3.36. The number of primary amides is 1. The third-order valence-electron chi connectivity index (χ3n) is 1.90. The summed E-state index contributed by atoms with van der Waals surface area (Å²) >= 11 is 5.77. The van der Waals surface area contributed by atoms with E-state index in [1.54, 1.807) is 24.3 Å². The lowest BCUT2D eigenvalue weighted by molar-refractivity contribution is -0.114. The molecule has 1 aromatic rings. The molecule has 1 atom stereocenters. The zero-order valence-corrected chi connectivity index (χ0v) is 8.29. The molecular formula is C10H11ClN2O. The predicted molar refractivity (Wildman–Crippen MR) is 56.7 cm³/mol. The molecular weight excluding hydrogens is 200 g/mol. The highest BCUT2D eigenvalue weighted by Crippen LogP contribution is 2.20. The number of hydrogen-bond donors (Lipinski definition) is 2. The van der Waals surface area contributed by atoms with Crippen molar-refractivity contribution in [2.45, 2.75) is 6.04 Å². The second-order valence-electron chi connectivity index (χ2n) is 2.92. The zero-order chi connectivity index (χ0) is 10.7. The summed E-state index contributed by atoms with van der Waals surface area (Å²) in [6.07, 6.45) is 0. The van der Waals surface area contributed by atoms with Crippen molar-refractivity contribution in [1.29, 1.82) is 0 Å². The lowest BCUT2D eigenvalue weighted by atomic mass is 10.0. The van der Waals surface area contributed by atoms with Crippen LogP contribution in [0, 0.1) is 0 Å². The number of amides is 1. The fourth-order valence-corrected chi connectivity index (χ4v) is 1.25. The van der Waals surface area contributed by atoms with Crippen LogP contribution in [0.2, 0.25) is 5.02 Å². The van der Waals surface area contributed by atoms with Crippen LogP contribution in [0.3, 0.4) is 0 Å². The van der Waals surface area contributed by atoms with Crippen LogP contribution in [-0.4, -0.2) is 5.91 Å². The summed E-state index contributed by atoms with van der Waals surface area (Å²) in [4.78, 5) is 10.8. The summed E-state index contributed by atoms with van der Waals surface area (Å²) in [7, 11) is 0. The molecule has 0 heterocycles. The van der Waals surface area contributed by atoms with Crippen molar-refractivity contribution in [2.24, 2.45) is 11.5 Å². The molecule has 4 N–H and O–H groups in total. The lowest BCUT2D eigenvalue weighted by Gasteiger charge is -2.12. The summed E-state index contributed by atoms with van der Waals surface area (Å²) in [6, 6.07) is 6.34. The molecule has 0 fully saturated rings. The first kappa shape index (κ1) is 10.8.